The summed E-state index contributed by atoms with van der Waals surface area (Å²) in [4.78, 5) is 25.8. The summed E-state index contributed by atoms with van der Waals surface area (Å²) >= 11 is 0. The van der Waals surface area contributed by atoms with Crippen molar-refractivity contribution in [2.24, 2.45) is 0 Å². The molecular weight excluding hydrogens is 380 g/mol. The summed E-state index contributed by atoms with van der Waals surface area (Å²) in [5.74, 6) is -0.134. The Bertz CT molecular complexity index is 1020. The number of rotatable bonds is 8. The van der Waals surface area contributed by atoms with Crippen LogP contribution in [0.1, 0.15) is 44.3 Å². The molecule has 0 aliphatic heterocycles. The van der Waals surface area contributed by atoms with Crippen LogP contribution in [-0.2, 0) is 11.3 Å². The van der Waals surface area contributed by atoms with E-state index < -0.39 is 5.97 Å². The van der Waals surface area contributed by atoms with Crippen LogP contribution in [-0.4, -0.2) is 25.5 Å². The largest absolute Gasteiger partial charge is 0.493 e. The Hall–Kier alpha value is -3.60. The van der Waals surface area contributed by atoms with Gasteiger partial charge in [-0.05, 0) is 31.5 Å². The Labute approximate surface area is 176 Å². The zero-order valence-corrected chi connectivity index (χ0v) is 17.3. The molecule has 0 spiro atoms. The second kappa shape index (κ2) is 9.74. The second-order valence-electron chi connectivity index (χ2n) is 6.74. The van der Waals surface area contributed by atoms with E-state index >= 15 is 0 Å². The first-order valence-electron chi connectivity index (χ1n) is 9.70. The lowest BCUT2D eigenvalue weighted by Crippen LogP contribution is -2.14. The Kier molecular flexibility index (Phi) is 6.86. The lowest BCUT2D eigenvalue weighted by molar-refractivity contribution is 0.0523. The van der Waals surface area contributed by atoms with Crippen molar-refractivity contribution in [2.75, 3.05) is 13.7 Å². The third-order valence-corrected chi connectivity index (χ3v) is 4.59. The molecule has 3 rings (SSSR count). The summed E-state index contributed by atoms with van der Waals surface area (Å²) in [7, 11) is 1.49. The van der Waals surface area contributed by atoms with Crippen molar-refractivity contribution in [3.8, 4) is 11.5 Å². The molecule has 0 amide bonds. The number of methoxy groups -OCH3 is 1. The zero-order chi connectivity index (χ0) is 21.5. The van der Waals surface area contributed by atoms with E-state index in [1.54, 1.807) is 25.1 Å². The van der Waals surface area contributed by atoms with Crippen molar-refractivity contribution in [2.45, 2.75) is 20.5 Å². The molecule has 0 fully saturated rings. The maximum atomic E-state index is 13.2. The molecule has 0 radical (unpaired) electrons. The van der Waals surface area contributed by atoms with Gasteiger partial charge in [0.1, 0.15) is 6.61 Å². The van der Waals surface area contributed by atoms with E-state index in [9.17, 15) is 9.59 Å². The maximum absolute atomic E-state index is 13.2. The number of hydrogen-bond acceptors (Lipinski definition) is 5. The molecule has 154 valence electrons. The van der Waals surface area contributed by atoms with Gasteiger partial charge in [-0.3, -0.25) is 4.79 Å². The molecule has 5 heteroatoms. The van der Waals surface area contributed by atoms with Crippen molar-refractivity contribution in [3.63, 3.8) is 0 Å². The lowest BCUT2D eigenvalue weighted by Gasteiger charge is -2.15. The fraction of sp³-hybridized carbons (Fsp3) is 0.200. The Morgan fingerprint density at radius 2 is 1.53 bits per heavy atom. The number of hydrogen-bond donors (Lipinski definition) is 0. The van der Waals surface area contributed by atoms with Crippen LogP contribution < -0.4 is 9.47 Å². The van der Waals surface area contributed by atoms with Crippen LogP contribution in [0.3, 0.4) is 0 Å². The fourth-order valence-electron chi connectivity index (χ4n) is 2.99. The van der Waals surface area contributed by atoms with E-state index in [0.717, 1.165) is 11.1 Å². The first-order chi connectivity index (χ1) is 14.5. The van der Waals surface area contributed by atoms with Crippen LogP contribution in [0.5, 0.6) is 11.5 Å². The minimum Gasteiger partial charge on any atom is -0.493 e. The van der Waals surface area contributed by atoms with Gasteiger partial charge in [0, 0.05) is 11.1 Å². The quantitative estimate of drug-likeness (QED) is 0.391. The second-order valence-corrected chi connectivity index (χ2v) is 6.74. The molecular formula is C25H24O5. The van der Waals surface area contributed by atoms with E-state index in [0.29, 0.717) is 23.7 Å². The van der Waals surface area contributed by atoms with Crippen LogP contribution in [0.25, 0.3) is 0 Å². The molecule has 5 nitrogen and oxygen atoms in total. The van der Waals surface area contributed by atoms with Crippen molar-refractivity contribution < 1.29 is 23.8 Å². The van der Waals surface area contributed by atoms with Gasteiger partial charge >= 0.3 is 5.97 Å². The average Bonchev–Trinajstić information content (AvgIpc) is 2.78. The third-order valence-electron chi connectivity index (χ3n) is 4.59. The predicted molar refractivity (Wildman–Crippen MR) is 114 cm³/mol. The van der Waals surface area contributed by atoms with Gasteiger partial charge in [-0.2, -0.15) is 0 Å². The van der Waals surface area contributed by atoms with Crippen LogP contribution in [0.2, 0.25) is 0 Å². The van der Waals surface area contributed by atoms with Gasteiger partial charge in [0.05, 0.1) is 19.3 Å². The van der Waals surface area contributed by atoms with E-state index in [2.05, 4.69) is 0 Å². The first-order valence-corrected chi connectivity index (χ1v) is 9.70. The zero-order valence-electron chi connectivity index (χ0n) is 17.3. The van der Waals surface area contributed by atoms with Gasteiger partial charge in [-0.15, -0.1) is 0 Å². The third kappa shape index (κ3) is 4.87. The Morgan fingerprint density at radius 3 is 2.17 bits per heavy atom. The highest BCUT2D eigenvalue weighted by Crippen LogP contribution is 2.33. The topological polar surface area (TPSA) is 61.8 Å². The van der Waals surface area contributed by atoms with E-state index in [1.165, 1.54) is 13.2 Å². The summed E-state index contributed by atoms with van der Waals surface area (Å²) in [5, 5.41) is 0. The lowest BCUT2D eigenvalue weighted by atomic mass is 9.97. The number of ketones is 1. The predicted octanol–water partition coefficient (Wildman–Crippen LogP) is 4.99. The average molecular weight is 404 g/mol. The monoisotopic (exact) mass is 404 g/mol. The minimum absolute atomic E-state index is 0.145. The van der Waals surface area contributed by atoms with Gasteiger partial charge in [0.25, 0.3) is 0 Å². The number of benzene rings is 3. The minimum atomic E-state index is -0.583. The molecule has 0 aliphatic carbocycles. The summed E-state index contributed by atoms with van der Waals surface area (Å²) in [6, 6.07) is 19.9. The molecule has 0 heterocycles. The fourth-order valence-corrected chi connectivity index (χ4v) is 2.99. The normalized spacial score (nSPS) is 10.4. The molecule has 0 saturated carbocycles. The first kappa shape index (κ1) is 21.1. The highest BCUT2D eigenvalue weighted by atomic mass is 16.5. The number of esters is 1. The van der Waals surface area contributed by atoms with Crippen LogP contribution in [0.4, 0.5) is 0 Å². The number of carbonyl (C=O) groups is 2. The number of aryl methyl sites for hydroxylation is 1. The summed E-state index contributed by atoms with van der Waals surface area (Å²) < 4.78 is 16.5. The SMILES string of the molecule is CCOC(=O)c1cc(OC)c(OCc2ccccc2)cc1C(=O)c1ccc(C)cc1. The van der Waals surface area contributed by atoms with Gasteiger partial charge in [-0.25, -0.2) is 4.79 Å². The Balaban J connectivity index is 2.03. The van der Waals surface area contributed by atoms with Crippen molar-refractivity contribution in [1.82, 2.24) is 0 Å². The molecule has 0 bridgehead atoms. The van der Waals surface area contributed by atoms with E-state index in [4.69, 9.17) is 14.2 Å². The van der Waals surface area contributed by atoms with E-state index in [1.807, 2.05) is 49.4 Å². The van der Waals surface area contributed by atoms with Crippen molar-refractivity contribution >= 4 is 11.8 Å². The molecule has 0 aromatic heterocycles. The molecule has 0 N–H and O–H groups in total. The highest BCUT2D eigenvalue weighted by Gasteiger charge is 2.23. The standard InChI is InChI=1S/C25H24O5/c1-4-29-25(27)21-15-22(28-3)23(30-16-18-8-6-5-7-9-18)14-20(21)24(26)19-12-10-17(2)11-13-19/h5-15H,4,16H2,1-3H3. The maximum Gasteiger partial charge on any atom is 0.339 e. The summed E-state index contributed by atoms with van der Waals surface area (Å²) in [6.07, 6.45) is 0. The van der Waals surface area contributed by atoms with Gasteiger partial charge in [0.15, 0.2) is 17.3 Å². The molecule has 0 saturated heterocycles. The van der Waals surface area contributed by atoms with Crippen LogP contribution in [0, 0.1) is 6.92 Å². The van der Waals surface area contributed by atoms with Gasteiger partial charge < -0.3 is 14.2 Å². The molecule has 3 aromatic rings. The highest BCUT2D eigenvalue weighted by molar-refractivity contribution is 6.15. The molecule has 0 aliphatic rings. The molecule has 3 aromatic carbocycles. The van der Waals surface area contributed by atoms with Gasteiger partial charge in [0.2, 0.25) is 0 Å². The van der Waals surface area contributed by atoms with Gasteiger partial charge in [-0.1, -0.05) is 60.2 Å². The Morgan fingerprint density at radius 1 is 0.867 bits per heavy atom. The van der Waals surface area contributed by atoms with Crippen LogP contribution in [0.15, 0.2) is 66.7 Å². The molecule has 0 unspecified atom stereocenters. The number of carbonyl (C=O) groups excluding carboxylic acids is 2. The smallest absolute Gasteiger partial charge is 0.339 e. The molecule has 0 atom stereocenters. The number of ether oxygens (including phenoxy) is 3. The summed E-state index contributed by atoms with van der Waals surface area (Å²) in [5.41, 5.74) is 2.84. The molecule has 30 heavy (non-hydrogen) atoms. The summed E-state index contributed by atoms with van der Waals surface area (Å²) in [6.45, 7) is 4.16. The van der Waals surface area contributed by atoms with Crippen molar-refractivity contribution in [3.05, 3.63) is 94.5 Å². The van der Waals surface area contributed by atoms with Crippen LogP contribution >= 0.6 is 0 Å². The van der Waals surface area contributed by atoms with E-state index in [-0.39, 0.29) is 23.5 Å². The van der Waals surface area contributed by atoms with Crippen molar-refractivity contribution in [1.29, 1.82) is 0 Å².